The first-order chi connectivity index (χ1) is 6.50. The lowest BCUT2D eigenvalue weighted by atomic mass is 10.2. The van der Waals surface area contributed by atoms with E-state index in [1.807, 2.05) is 32.8 Å². The highest BCUT2D eigenvalue weighted by molar-refractivity contribution is 7.15. The lowest BCUT2D eigenvalue weighted by molar-refractivity contribution is 0.185. The van der Waals surface area contributed by atoms with Crippen LogP contribution in [-0.4, -0.2) is 30.3 Å². The zero-order valence-electron chi connectivity index (χ0n) is 9.24. The van der Waals surface area contributed by atoms with E-state index in [1.54, 1.807) is 11.3 Å². The van der Waals surface area contributed by atoms with Gasteiger partial charge in [-0.3, -0.25) is 0 Å². The van der Waals surface area contributed by atoms with Gasteiger partial charge in [0.05, 0.1) is 11.8 Å². The minimum atomic E-state index is -0.223. The van der Waals surface area contributed by atoms with E-state index in [4.69, 9.17) is 0 Å². The molecule has 1 rings (SSSR count). The minimum absolute atomic E-state index is 0.223. The third kappa shape index (κ3) is 2.96. The molecule has 1 aromatic heterocycles. The summed E-state index contributed by atoms with van der Waals surface area (Å²) in [6, 6.07) is 0. The van der Waals surface area contributed by atoms with Crippen molar-refractivity contribution >= 4 is 16.5 Å². The fourth-order valence-corrected chi connectivity index (χ4v) is 2.17. The summed E-state index contributed by atoms with van der Waals surface area (Å²) in [5.41, 5.74) is 1.10. The van der Waals surface area contributed by atoms with Crippen molar-refractivity contribution in [1.82, 2.24) is 4.98 Å². The Bertz CT molecular complexity index is 294. The highest BCUT2D eigenvalue weighted by Gasteiger charge is 2.09. The van der Waals surface area contributed by atoms with Gasteiger partial charge in [-0.25, -0.2) is 4.98 Å². The molecule has 1 atom stereocenters. The molecule has 0 bridgehead atoms. The number of nitrogens with zero attached hydrogens (tertiary/aromatic N) is 2. The zero-order valence-corrected chi connectivity index (χ0v) is 10.1. The maximum atomic E-state index is 9.19. The average Bonchev–Trinajstić information content (AvgIpc) is 2.43. The average molecular weight is 214 g/mol. The summed E-state index contributed by atoms with van der Waals surface area (Å²) in [6.45, 7) is 3.85. The first-order valence-corrected chi connectivity index (χ1v) is 5.64. The summed E-state index contributed by atoms with van der Waals surface area (Å²) in [4.78, 5) is 7.75. The molecule has 0 aliphatic carbocycles. The Morgan fingerprint density at radius 1 is 1.50 bits per heavy atom. The van der Waals surface area contributed by atoms with Gasteiger partial charge in [-0.2, -0.15) is 0 Å². The molecule has 0 saturated heterocycles. The van der Waals surface area contributed by atoms with E-state index >= 15 is 0 Å². The topological polar surface area (TPSA) is 36.4 Å². The first-order valence-electron chi connectivity index (χ1n) is 4.82. The third-order valence-electron chi connectivity index (χ3n) is 2.05. The number of aliphatic hydroxyl groups excluding tert-OH is 1. The Kier molecular flexibility index (Phi) is 3.89. The van der Waals surface area contributed by atoms with Gasteiger partial charge in [0.2, 0.25) is 0 Å². The van der Waals surface area contributed by atoms with Gasteiger partial charge >= 0.3 is 0 Å². The van der Waals surface area contributed by atoms with E-state index in [2.05, 4.69) is 4.98 Å². The smallest absolute Gasteiger partial charge is 0.185 e. The summed E-state index contributed by atoms with van der Waals surface area (Å²) >= 11 is 1.71. The number of aliphatic hydroxyl groups is 1. The summed E-state index contributed by atoms with van der Waals surface area (Å²) in [5.74, 6) is 0. The Labute approximate surface area is 89.4 Å². The Morgan fingerprint density at radius 3 is 2.57 bits per heavy atom. The number of aromatic nitrogens is 1. The Morgan fingerprint density at radius 2 is 2.14 bits per heavy atom. The lowest BCUT2D eigenvalue weighted by Gasteiger charge is -2.05. The molecule has 0 amide bonds. The van der Waals surface area contributed by atoms with Crippen molar-refractivity contribution in [2.45, 2.75) is 32.8 Å². The molecule has 0 radical (unpaired) electrons. The number of hydrogen-bond acceptors (Lipinski definition) is 4. The molecular weight excluding hydrogens is 196 g/mol. The molecule has 0 aliphatic rings. The normalized spacial score (nSPS) is 12.9. The molecule has 0 aliphatic heterocycles. The highest BCUT2D eigenvalue weighted by Crippen LogP contribution is 2.25. The van der Waals surface area contributed by atoms with E-state index in [-0.39, 0.29) is 6.10 Å². The van der Waals surface area contributed by atoms with Gasteiger partial charge in [0.15, 0.2) is 5.13 Å². The van der Waals surface area contributed by atoms with Crippen LogP contribution in [0.3, 0.4) is 0 Å². The summed E-state index contributed by atoms with van der Waals surface area (Å²) in [5, 5.41) is 10.2. The van der Waals surface area contributed by atoms with E-state index in [9.17, 15) is 5.11 Å². The second kappa shape index (κ2) is 4.75. The van der Waals surface area contributed by atoms with Gasteiger partial charge in [0, 0.05) is 19.0 Å². The van der Waals surface area contributed by atoms with Crippen LogP contribution in [0.4, 0.5) is 5.13 Å². The van der Waals surface area contributed by atoms with Crippen LogP contribution in [-0.2, 0) is 6.42 Å². The van der Waals surface area contributed by atoms with Crippen molar-refractivity contribution in [2.75, 3.05) is 19.0 Å². The van der Waals surface area contributed by atoms with Gasteiger partial charge in [-0.1, -0.05) is 0 Å². The van der Waals surface area contributed by atoms with Crippen LogP contribution in [0.1, 0.15) is 23.9 Å². The predicted octanol–water partition coefficient (Wildman–Crippen LogP) is 1.83. The molecule has 0 fully saturated rings. The van der Waals surface area contributed by atoms with Crippen molar-refractivity contribution in [3.63, 3.8) is 0 Å². The molecule has 0 spiro atoms. The van der Waals surface area contributed by atoms with Crippen LogP contribution in [0, 0.1) is 6.92 Å². The molecule has 1 aromatic rings. The zero-order chi connectivity index (χ0) is 10.7. The van der Waals surface area contributed by atoms with Crippen molar-refractivity contribution < 1.29 is 5.11 Å². The molecule has 80 valence electrons. The number of aryl methyl sites for hydroxylation is 2. The van der Waals surface area contributed by atoms with E-state index < -0.39 is 0 Å². The monoisotopic (exact) mass is 214 g/mol. The van der Waals surface area contributed by atoms with Crippen LogP contribution in [0.2, 0.25) is 0 Å². The largest absolute Gasteiger partial charge is 0.393 e. The molecule has 4 heteroatoms. The third-order valence-corrected chi connectivity index (χ3v) is 3.44. The van der Waals surface area contributed by atoms with Crippen molar-refractivity contribution in [2.24, 2.45) is 0 Å². The number of thiazole rings is 1. The molecule has 3 nitrogen and oxygen atoms in total. The molecule has 1 N–H and O–H groups in total. The van der Waals surface area contributed by atoms with E-state index in [1.165, 1.54) is 4.88 Å². The summed E-state index contributed by atoms with van der Waals surface area (Å²) in [7, 11) is 3.99. The van der Waals surface area contributed by atoms with Crippen LogP contribution < -0.4 is 4.90 Å². The maximum absolute atomic E-state index is 9.19. The standard InChI is InChI=1S/C10H18N2OS/c1-7(13)5-6-9-8(2)11-10(14-9)12(3)4/h7,13H,5-6H2,1-4H3/t7-/m1/s1. The van der Waals surface area contributed by atoms with E-state index in [0.717, 1.165) is 23.7 Å². The van der Waals surface area contributed by atoms with Crippen LogP contribution >= 0.6 is 11.3 Å². The summed E-state index contributed by atoms with van der Waals surface area (Å²) < 4.78 is 0. The predicted molar refractivity (Wildman–Crippen MR) is 61.2 cm³/mol. The van der Waals surface area contributed by atoms with Crippen LogP contribution in [0.25, 0.3) is 0 Å². The fraction of sp³-hybridized carbons (Fsp3) is 0.700. The molecular formula is C10H18N2OS. The SMILES string of the molecule is Cc1nc(N(C)C)sc1CC[C@@H](C)O. The van der Waals surface area contributed by atoms with Crippen molar-refractivity contribution in [1.29, 1.82) is 0 Å². The van der Waals surface area contributed by atoms with E-state index in [0.29, 0.717) is 0 Å². The number of anilines is 1. The second-order valence-corrected chi connectivity index (χ2v) is 4.85. The van der Waals surface area contributed by atoms with Gasteiger partial charge in [-0.05, 0) is 26.7 Å². The Balaban J connectivity index is 2.67. The van der Waals surface area contributed by atoms with Crippen molar-refractivity contribution in [3.8, 4) is 0 Å². The second-order valence-electron chi connectivity index (χ2n) is 3.79. The summed E-state index contributed by atoms with van der Waals surface area (Å²) in [6.07, 6.45) is 1.52. The van der Waals surface area contributed by atoms with Crippen LogP contribution in [0.15, 0.2) is 0 Å². The lowest BCUT2D eigenvalue weighted by Crippen LogP contribution is -2.07. The molecule has 0 aromatic carbocycles. The molecule has 0 unspecified atom stereocenters. The maximum Gasteiger partial charge on any atom is 0.185 e. The van der Waals surface area contributed by atoms with Gasteiger partial charge in [0.1, 0.15) is 0 Å². The van der Waals surface area contributed by atoms with Gasteiger partial charge < -0.3 is 10.0 Å². The van der Waals surface area contributed by atoms with Crippen LogP contribution in [0.5, 0.6) is 0 Å². The Hall–Kier alpha value is -0.610. The quantitative estimate of drug-likeness (QED) is 0.830. The fourth-order valence-electron chi connectivity index (χ4n) is 1.18. The first kappa shape index (κ1) is 11.5. The van der Waals surface area contributed by atoms with Gasteiger partial charge in [-0.15, -0.1) is 11.3 Å². The molecule has 14 heavy (non-hydrogen) atoms. The van der Waals surface area contributed by atoms with Crippen molar-refractivity contribution in [3.05, 3.63) is 10.6 Å². The molecule has 1 heterocycles. The number of hydrogen-bond donors (Lipinski definition) is 1. The number of rotatable bonds is 4. The molecule has 0 saturated carbocycles. The minimum Gasteiger partial charge on any atom is -0.393 e. The van der Waals surface area contributed by atoms with Gasteiger partial charge in [0.25, 0.3) is 0 Å². The highest BCUT2D eigenvalue weighted by atomic mass is 32.1.